The van der Waals surface area contributed by atoms with E-state index in [0.717, 1.165) is 231 Å². The number of esters is 2. The van der Waals surface area contributed by atoms with Crippen molar-refractivity contribution in [1.29, 1.82) is 0 Å². The molecule has 0 aromatic heterocycles. The van der Waals surface area contributed by atoms with Gasteiger partial charge in [-0.2, -0.15) is 0 Å². The Kier molecular flexibility index (Phi) is 74.5. The molecule has 0 saturated heterocycles. The van der Waals surface area contributed by atoms with Crippen LogP contribution in [0.5, 0.6) is 0 Å². The third-order valence-electron chi connectivity index (χ3n) is 17.2. The molecule has 0 saturated carbocycles. The van der Waals surface area contributed by atoms with Crippen LogP contribution in [0, 0.1) is 0 Å². The average Bonchev–Trinajstić information content (AvgIpc) is 1.02. The van der Waals surface area contributed by atoms with Crippen molar-refractivity contribution in [1.82, 2.24) is 0 Å². The molecule has 0 aliphatic rings. The molecule has 0 spiro atoms. The van der Waals surface area contributed by atoms with E-state index in [4.69, 9.17) is 37.0 Å². The van der Waals surface area contributed by atoms with Crippen molar-refractivity contribution in [3.8, 4) is 0 Å². The van der Waals surface area contributed by atoms with Crippen molar-refractivity contribution < 1.29 is 80.2 Å². The Balaban J connectivity index is 5.22. The Bertz CT molecular complexity index is 1970. The number of carbonyl (C=O) groups excluding carboxylic acids is 4. The zero-order valence-corrected chi connectivity index (χ0v) is 65.0. The zero-order chi connectivity index (χ0) is 72.9. The van der Waals surface area contributed by atoms with Gasteiger partial charge in [-0.05, 0) is 154 Å². The maximum Gasteiger partial charge on any atom is 0.472 e. The lowest BCUT2D eigenvalue weighted by molar-refractivity contribution is -0.150. The van der Waals surface area contributed by atoms with Crippen LogP contribution in [0.4, 0.5) is 0 Å². The van der Waals surface area contributed by atoms with Crippen LogP contribution in [0.1, 0.15) is 348 Å². The molecule has 0 heterocycles. The van der Waals surface area contributed by atoms with Gasteiger partial charge in [0.2, 0.25) is 0 Å². The monoisotopic (exact) mass is 1450 g/mol. The molecule has 0 amide bonds. The van der Waals surface area contributed by atoms with Crippen LogP contribution < -0.4 is 0 Å². The summed E-state index contributed by atoms with van der Waals surface area (Å²) in [7, 11) is -9.65. The van der Waals surface area contributed by atoms with Crippen LogP contribution in [0.3, 0.4) is 0 Å². The van der Waals surface area contributed by atoms with E-state index in [1.165, 1.54) is 77.0 Å². The lowest BCUT2D eigenvalue weighted by Crippen LogP contribution is -2.28. The number of unbranched alkanes of at least 4 members (excludes halogenated alkanes) is 40. The number of phosphoric ester groups is 2. The first-order valence-electron chi connectivity index (χ1n) is 40.1. The van der Waals surface area contributed by atoms with Crippen LogP contribution >= 0.6 is 15.6 Å². The molecule has 582 valence electrons. The van der Waals surface area contributed by atoms with E-state index in [9.17, 15) is 43.2 Å². The molecule has 0 rings (SSSR count). The lowest BCUT2D eigenvalue weighted by Gasteiger charge is -2.21. The smallest absolute Gasteiger partial charge is 0.463 e. The largest absolute Gasteiger partial charge is 0.472 e. The second-order valence-corrected chi connectivity index (χ2v) is 29.8. The second kappa shape index (κ2) is 76.9. The molecule has 2 unspecified atom stereocenters. The van der Waals surface area contributed by atoms with Gasteiger partial charge in [0.15, 0.2) is 0 Å². The zero-order valence-electron chi connectivity index (χ0n) is 63.2. The molecule has 0 bridgehead atoms. The van der Waals surface area contributed by atoms with E-state index in [1.807, 2.05) is 0 Å². The molecule has 0 aromatic carbocycles. The van der Waals surface area contributed by atoms with Gasteiger partial charge in [0.25, 0.3) is 0 Å². The molecular formula is C81H146O17P2. The third-order valence-corrected chi connectivity index (χ3v) is 19.1. The molecule has 0 aliphatic heterocycles. The first-order valence-corrected chi connectivity index (χ1v) is 43.1. The van der Waals surface area contributed by atoms with Crippen LogP contribution in [0.15, 0.2) is 72.9 Å². The van der Waals surface area contributed by atoms with Crippen molar-refractivity contribution in [2.45, 2.75) is 366 Å². The molecule has 0 aromatic rings. The van der Waals surface area contributed by atoms with Crippen molar-refractivity contribution in [3.63, 3.8) is 0 Å². The molecular weight excluding hydrogens is 1310 g/mol. The summed E-state index contributed by atoms with van der Waals surface area (Å²) in [4.78, 5) is 67.9. The topological polar surface area (TPSA) is 237 Å². The summed E-state index contributed by atoms with van der Waals surface area (Å²) in [6, 6.07) is 0. The average molecular weight is 1450 g/mol. The first kappa shape index (κ1) is 96.8. The Morgan fingerprint density at radius 3 is 0.840 bits per heavy atom. The van der Waals surface area contributed by atoms with Crippen molar-refractivity contribution in [2.75, 3.05) is 52.9 Å². The van der Waals surface area contributed by atoms with Crippen LogP contribution in [0.2, 0.25) is 0 Å². The predicted octanol–water partition coefficient (Wildman–Crippen LogP) is 22.5. The highest BCUT2D eigenvalue weighted by Crippen LogP contribution is 2.45. The molecule has 0 radical (unpaired) electrons. The van der Waals surface area contributed by atoms with Crippen molar-refractivity contribution in [3.05, 3.63) is 72.9 Å². The van der Waals surface area contributed by atoms with Gasteiger partial charge in [-0.3, -0.25) is 27.7 Å². The van der Waals surface area contributed by atoms with E-state index in [2.05, 4.69) is 86.8 Å². The summed E-state index contributed by atoms with van der Waals surface area (Å²) >= 11 is 0. The number of hydrogen-bond acceptors (Lipinski definition) is 15. The van der Waals surface area contributed by atoms with E-state index in [0.29, 0.717) is 38.9 Å². The SMILES string of the molecule is CCCCC/C=C\C/C=C\CCCCCCCC(=O)OC[C@H](COP(=O)(O)OCC(O)COP(=O)(O)OC[C@@H](COC(=O)CCCCCCC/C=C\C/C=C\CCCCC)OCCCCCCCCC/C=C\CCCCCCC=O)OCCCCCCCCC/C=C\CCCCCCC=O. The Morgan fingerprint density at radius 1 is 0.310 bits per heavy atom. The normalized spacial score (nSPS) is 14.3. The molecule has 100 heavy (non-hydrogen) atoms. The number of aliphatic hydroxyl groups excluding tert-OH is 1. The molecule has 17 nitrogen and oxygen atoms in total. The fraction of sp³-hybridized carbons (Fsp3) is 0.802. The first-order chi connectivity index (χ1) is 48.9. The standard InChI is InChI=1S/C81H146O17P2/c1-3-5-7-9-11-13-15-17-23-29-35-41-47-53-59-65-80(85)93-73-78(91-69-63-57-51-45-39-33-27-21-19-25-31-37-43-49-55-61-67-82)75-97-99(87,88)95-71-77(84)72-96-100(89,90)98-76-79(92-70-64-58-52-46-40-34-28-22-20-26-32-38-44-50-56-62-68-83)74-94-81(86)66-60-54-48-42-36-30-24-18-16-14-12-10-8-6-4-2/h11-14,17-20,23-26,67-68,77-79,84H,3-10,15-16,21-22,27-66,69-76H2,1-2H3,(H,87,88)(H,89,90)/b13-11-,14-12-,23-17-,24-18-,25-19-,26-20-/t78-,79-/m1/s1. The highest BCUT2D eigenvalue weighted by Gasteiger charge is 2.29. The number of hydrogen-bond donors (Lipinski definition) is 3. The molecule has 0 fully saturated rings. The summed E-state index contributed by atoms with van der Waals surface area (Å²) < 4.78 is 70.1. The van der Waals surface area contributed by atoms with Gasteiger partial charge in [0.1, 0.15) is 44.1 Å². The van der Waals surface area contributed by atoms with Gasteiger partial charge in [-0.1, -0.05) is 241 Å². The summed E-state index contributed by atoms with van der Waals surface area (Å²) in [5, 5.41) is 10.7. The maximum atomic E-state index is 13.1. The van der Waals surface area contributed by atoms with Crippen LogP contribution in [-0.2, 0) is 65.4 Å². The third kappa shape index (κ3) is 76.0. The van der Waals surface area contributed by atoms with Gasteiger partial charge >= 0.3 is 27.6 Å². The molecule has 19 heteroatoms. The number of carbonyl (C=O) groups is 4. The minimum atomic E-state index is -4.83. The number of aldehydes is 2. The molecule has 0 aliphatic carbocycles. The molecule has 3 N–H and O–H groups in total. The van der Waals surface area contributed by atoms with Crippen molar-refractivity contribution >= 4 is 40.2 Å². The van der Waals surface area contributed by atoms with Crippen molar-refractivity contribution in [2.24, 2.45) is 0 Å². The number of ether oxygens (including phenoxy) is 4. The number of aliphatic hydroxyl groups is 1. The number of phosphoric acid groups is 2. The highest BCUT2D eigenvalue weighted by molar-refractivity contribution is 7.47. The quantitative estimate of drug-likeness (QED) is 0.0169. The van der Waals surface area contributed by atoms with Gasteiger partial charge < -0.3 is 43.4 Å². The second-order valence-electron chi connectivity index (χ2n) is 26.9. The summed E-state index contributed by atoms with van der Waals surface area (Å²) in [5.74, 6) is -0.790. The lowest BCUT2D eigenvalue weighted by atomic mass is 10.1. The fourth-order valence-electron chi connectivity index (χ4n) is 11.0. The van der Waals surface area contributed by atoms with Crippen LogP contribution in [0.25, 0.3) is 0 Å². The Labute approximate surface area is 609 Å². The number of allylic oxidation sites excluding steroid dienone is 12. The summed E-state index contributed by atoms with van der Waals surface area (Å²) in [5.41, 5.74) is 0. The van der Waals surface area contributed by atoms with E-state index >= 15 is 0 Å². The van der Waals surface area contributed by atoms with E-state index in [-0.39, 0.29) is 26.1 Å². The van der Waals surface area contributed by atoms with Gasteiger partial charge in [-0.25, -0.2) is 9.13 Å². The van der Waals surface area contributed by atoms with Gasteiger partial charge in [0.05, 0.1) is 26.4 Å². The Morgan fingerprint density at radius 2 is 0.550 bits per heavy atom. The highest BCUT2D eigenvalue weighted by atomic mass is 31.2. The minimum Gasteiger partial charge on any atom is -0.463 e. The van der Waals surface area contributed by atoms with E-state index < -0.39 is 72.3 Å². The molecule has 4 atom stereocenters. The summed E-state index contributed by atoms with van der Waals surface area (Å²) in [6.07, 6.45) is 78.6. The minimum absolute atomic E-state index is 0.199. The van der Waals surface area contributed by atoms with E-state index in [1.54, 1.807) is 0 Å². The Hall–Kier alpha value is -3.18. The number of rotatable bonds is 80. The van der Waals surface area contributed by atoms with Gasteiger partial charge in [-0.15, -0.1) is 0 Å². The summed E-state index contributed by atoms with van der Waals surface area (Å²) in [6.45, 7) is 2.16. The maximum absolute atomic E-state index is 13.1. The van der Waals surface area contributed by atoms with Gasteiger partial charge in [0, 0.05) is 38.9 Å². The predicted molar refractivity (Wildman–Crippen MR) is 409 cm³/mol. The fourth-order valence-corrected chi connectivity index (χ4v) is 12.5. The van der Waals surface area contributed by atoms with Crippen LogP contribution in [-0.4, -0.2) is 111 Å².